The van der Waals surface area contributed by atoms with Crippen LogP contribution in [0.1, 0.15) is 22.3 Å². The lowest BCUT2D eigenvalue weighted by Gasteiger charge is -2.17. The highest BCUT2D eigenvalue weighted by Crippen LogP contribution is 2.30. The molecule has 0 unspecified atom stereocenters. The number of hydrogen-bond acceptors (Lipinski definition) is 3. The number of hydrogen-bond donors (Lipinski definition) is 1. The van der Waals surface area contributed by atoms with Gasteiger partial charge in [0.2, 0.25) is 0 Å². The summed E-state index contributed by atoms with van der Waals surface area (Å²) in [7, 11) is 0. The SMILES string of the molecule is O=C(NN=C1CCSc2ccc(F)cc21)c1ccccc1Cl. The molecule has 0 aromatic heterocycles. The number of halogens is 2. The van der Waals surface area contributed by atoms with Gasteiger partial charge >= 0.3 is 0 Å². The van der Waals surface area contributed by atoms with Crippen molar-refractivity contribution in [3.8, 4) is 0 Å². The number of carbonyl (C=O) groups is 1. The Morgan fingerprint density at radius 1 is 1.27 bits per heavy atom. The minimum Gasteiger partial charge on any atom is -0.267 e. The standard InChI is InChI=1S/C16H12ClFN2OS/c17-13-4-2-1-3-11(13)16(21)20-19-14-7-8-22-15-6-5-10(18)9-12(14)15/h1-6,9H,7-8H2,(H,20,21). The third-order valence-corrected chi connectivity index (χ3v) is 4.66. The lowest BCUT2D eigenvalue weighted by Crippen LogP contribution is -2.22. The van der Waals surface area contributed by atoms with Gasteiger partial charge in [-0.2, -0.15) is 5.10 Å². The van der Waals surface area contributed by atoms with Gasteiger partial charge in [-0.05, 0) is 30.3 Å². The molecule has 6 heteroatoms. The molecule has 0 atom stereocenters. The molecule has 0 bridgehead atoms. The largest absolute Gasteiger partial charge is 0.272 e. The Hall–Kier alpha value is -1.85. The van der Waals surface area contributed by atoms with Crippen LogP contribution in [0.25, 0.3) is 0 Å². The summed E-state index contributed by atoms with van der Waals surface area (Å²) in [5.74, 6) is 0.153. The molecule has 2 aromatic carbocycles. The van der Waals surface area contributed by atoms with E-state index in [9.17, 15) is 9.18 Å². The highest BCUT2D eigenvalue weighted by atomic mass is 35.5. The van der Waals surface area contributed by atoms with Crippen LogP contribution in [0.15, 0.2) is 52.5 Å². The van der Waals surface area contributed by atoms with Crippen LogP contribution in [0.4, 0.5) is 4.39 Å². The summed E-state index contributed by atoms with van der Waals surface area (Å²) in [4.78, 5) is 13.1. The van der Waals surface area contributed by atoms with Crippen molar-refractivity contribution in [1.29, 1.82) is 0 Å². The van der Waals surface area contributed by atoms with Crippen LogP contribution in [0.5, 0.6) is 0 Å². The van der Waals surface area contributed by atoms with E-state index in [1.54, 1.807) is 42.1 Å². The number of thioether (sulfide) groups is 1. The molecule has 1 amide bonds. The zero-order chi connectivity index (χ0) is 15.5. The first-order valence-corrected chi connectivity index (χ1v) is 8.05. The van der Waals surface area contributed by atoms with E-state index in [0.29, 0.717) is 22.7 Å². The van der Waals surface area contributed by atoms with Gasteiger partial charge in [-0.3, -0.25) is 4.79 Å². The van der Waals surface area contributed by atoms with Gasteiger partial charge in [0.15, 0.2) is 0 Å². The molecule has 1 heterocycles. The van der Waals surface area contributed by atoms with Crippen molar-refractivity contribution in [2.75, 3.05) is 5.75 Å². The van der Waals surface area contributed by atoms with Gasteiger partial charge < -0.3 is 0 Å². The second kappa shape index (κ2) is 6.50. The number of carbonyl (C=O) groups excluding carboxylic acids is 1. The Bertz CT molecular complexity index is 764. The first-order chi connectivity index (χ1) is 10.6. The van der Waals surface area contributed by atoms with Crippen LogP contribution in [-0.4, -0.2) is 17.4 Å². The zero-order valence-corrected chi connectivity index (χ0v) is 13.0. The van der Waals surface area contributed by atoms with E-state index in [-0.39, 0.29) is 11.7 Å². The first-order valence-electron chi connectivity index (χ1n) is 6.69. The molecular formula is C16H12ClFN2OS. The summed E-state index contributed by atoms with van der Waals surface area (Å²) in [5.41, 5.74) is 4.27. The molecule has 1 aliphatic rings. The van der Waals surface area contributed by atoms with Crippen molar-refractivity contribution in [3.05, 3.63) is 64.4 Å². The predicted octanol–water partition coefficient (Wildman–Crippen LogP) is 4.11. The van der Waals surface area contributed by atoms with Gasteiger partial charge in [-0.15, -0.1) is 11.8 Å². The lowest BCUT2D eigenvalue weighted by molar-refractivity contribution is 0.0955. The van der Waals surface area contributed by atoms with Gasteiger partial charge in [-0.25, -0.2) is 9.82 Å². The van der Waals surface area contributed by atoms with Crippen molar-refractivity contribution in [1.82, 2.24) is 5.43 Å². The molecule has 3 rings (SSSR count). The zero-order valence-electron chi connectivity index (χ0n) is 11.5. The maximum Gasteiger partial charge on any atom is 0.272 e. The molecule has 0 saturated carbocycles. The third-order valence-electron chi connectivity index (χ3n) is 3.26. The Morgan fingerprint density at radius 2 is 2.09 bits per heavy atom. The fourth-order valence-electron chi connectivity index (χ4n) is 2.19. The fraction of sp³-hybridized carbons (Fsp3) is 0.125. The highest BCUT2D eigenvalue weighted by Gasteiger charge is 2.17. The summed E-state index contributed by atoms with van der Waals surface area (Å²) in [5, 5.41) is 4.53. The number of benzene rings is 2. The number of fused-ring (bicyclic) bond motifs is 1. The average molecular weight is 335 g/mol. The summed E-state index contributed by atoms with van der Waals surface area (Å²) >= 11 is 7.63. The minimum absolute atomic E-state index is 0.314. The molecule has 112 valence electrons. The van der Waals surface area contributed by atoms with Gasteiger partial charge in [0.25, 0.3) is 5.91 Å². The van der Waals surface area contributed by atoms with Gasteiger partial charge in [0, 0.05) is 22.6 Å². The first kappa shape index (κ1) is 15.1. The molecule has 1 aliphatic heterocycles. The van der Waals surface area contributed by atoms with Crippen LogP contribution in [-0.2, 0) is 0 Å². The lowest BCUT2D eigenvalue weighted by atomic mass is 10.1. The molecule has 2 aromatic rings. The normalized spacial score (nSPS) is 15.5. The van der Waals surface area contributed by atoms with E-state index in [1.165, 1.54) is 12.1 Å². The van der Waals surface area contributed by atoms with E-state index < -0.39 is 0 Å². The summed E-state index contributed by atoms with van der Waals surface area (Å²) in [6.07, 6.45) is 0.671. The van der Waals surface area contributed by atoms with Crippen LogP contribution < -0.4 is 5.43 Å². The number of nitrogens with one attached hydrogen (secondary N) is 1. The Kier molecular flexibility index (Phi) is 4.45. The molecule has 0 aliphatic carbocycles. The van der Waals surface area contributed by atoms with Gasteiger partial charge in [0.05, 0.1) is 16.3 Å². The smallest absolute Gasteiger partial charge is 0.267 e. The van der Waals surface area contributed by atoms with Crippen LogP contribution in [0, 0.1) is 5.82 Å². The average Bonchev–Trinajstić information content (AvgIpc) is 2.53. The van der Waals surface area contributed by atoms with Crippen LogP contribution in [0.3, 0.4) is 0 Å². The molecule has 0 radical (unpaired) electrons. The van der Waals surface area contributed by atoms with Gasteiger partial charge in [-0.1, -0.05) is 23.7 Å². The molecule has 3 nitrogen and oxygen atoms in total. The summed E-state index contributed by atoms with van der Waals surface area (Å²) in [6.45, 7) is 0. The van der Waals surface area contributed by atoms with E-state index in [4.69, 9.17) is 11.6 Å². The fourth-order valence-corrected chi connectivity index (χ4v) is 3.42. The molecule has 1 N–H and O–H groups in total. The molecule has 0 spiro atoms. The van der Waals surface area contributed by atoms with Crippen LogP contribution >= 0.6 is 23.4 Å². The Morgan fingerprint density at radius 3 is 2.91 bits per heavy atom. The topological polar surface area (TPSA) is 41.5 Å². The number of amides is 1. The summed E-state index contributed by atoms with van der Waals surface area (Å²) in [6, 6.07) is 11.4. The van der Waals surface area contributed by atoms with E-state index in [1.807, 2.05) is 0 Å². The molecule has 22 heavy (non-hydrogen) atoms. The van der Waals surface area contributed by atoms with Crippen molar-refractivity contribution in [2.45, 2.75) is 11.3 Å². The highest BCUT2D eigenvalue weighted by molar-refractivity contribution is 7.99. The number of hydrazone groups is 1. The number of rotatable bonds is 2. The second-order valence-electron chi connectivity index (χ2n) is 4.72. The van der Waals surface area contributed by atoms with Crippen LogP contribution in [0.2, 0.25) is 5.02 Å². The van der Waals surface area contributed by atoms with E-state index in [0.717, 1.165) is 16.2 Å². The second-order valence-corrected chi connectivity index (χ2v) is 6.26. The molecule has 0 fully saturated rings. The van der Waals surface area contributed by atoms with E-state index >= 15 is 0 Å². The monoisotopic (exact) mass is 334 g/mol. The van der Waals surface area contributed by atoms with Crippen molar-refractivity contribution in [3.63, 3.8) is 0 Å². The van der Waals surface area contributed by atoms with Crippen molar-refractivity contribution < 1.29 is 9.18 Å². The van der Waals surface area contributed by atoms with Crippen molar-refractivity contribution in [2.24, 2.45) is 5.10 Å². The van der Waals surface area contributed by atoms with Gasteiger partial charge in [0.1, 0.15) is 5.82 Å². The van der Waals surface area contributed by atoms with E-state index in [2.05, 4.69) is 10.5 Å². The predicted molar refractivity (Wildman–Crippen MR) is 87.2 cm³/mol. The molecule has 0 saturated heterocycles. The minimum atomic E-state index is -0.380. The maximum atomic E-state index is 13.4. The quantitative estimate of drug-likeness (QED) is 0.840. The van der Waals surface area contributed by atoms with Crippen molar-refractivity contribution >= 4 is 35.0 Å². The Labute approximate surface area is 136 Å². The Balaban J connectivity index is 1.84. The summed E-state index contributed by atoms with van der Waals surface area (Å²) < 4.78 is 13.4. The third kappa shape index (κ3) is 3.15. The molecular weight excluding hydrogens is 323 g/mol. The number of nitrogens with zero attached hydrogens (tertiary/aromatic N) is 1. The maximum absolute atomic E-state index is 13.4.